The minimum atomic E-state index is -4.53. The Morgan fingerprint density at radius 3 is 2.45 bits per heavy atom. The molecule has 1 fully saturated rings. The van der Waals surface area contributed by atoms with E-state index in [1.54, 1.807) is 16.4 Å². The molecule has 0 aromatic carbocycles. The Morgan fingerprint density at radius 2 is 1.86 bits per heavy atom. The van der Waals surface area contributed by atoms with Crippen molar-refractivity contribution in [2.75, 3.05) is 6.54 Å². The first-order chi connectivity index (χ1) is 13.5. The van der Waals surface area contributed by atoms with Crippen LogP contribution in [-0.4, -0.2) is 48.2 Å². The largest absolute Gasteiger partial charge is 0.392 e. The highest BCUT2D eigenvalue weighted by Crippen LogP contribution is 2.38. The third kappa shape index (κ3) is 3.98. The van der Waals surface area contributed by atoms with Gasteiger partial charge in [0.1, 0.15) is 17.2 Å². The normalized spacial score (nSPS) is 21.6. The van der Waals surface area contributed by atoms with Crippen LogP contribution in [0.1, 0.15) is 72.8 Å². The Kier molecular flexibility index (Phi) is 4.64. The number of alkyl halides is 3. The molecule has 3 heterocycles. The molecule has 1 saturated carbocycles. The van der Waals surface area contributed by atoms with Crippen molar-refractivity contribution >= 4 is 5.91 Å². The number of hydrogen-bond acceptors (Lipinski definition) is 5. The lowest BCUT2D eigenvalue weighted by molar-refractivity contribution is -0.177. The molecule has 156 valence electrons. The number of carbonyl (C=O) groups is 1. The van der Waals surface area contributed by atoms with Crippen LogP contribution in [-0.2, 0) is 12.1 Å². The summed E-state index contributed by atoms with van der Waals surface area (Å²) < 4.78 is 40.1. The maximum Gasteiger partial charge on any atom is 0.392 e. The zero-order chi connectivity index (χ0) is 21.0. The summed E-state index contributed by atoms with van der Waals surface area (Å²) in [5, 5.41) is 10.4. The number of fused-ring (bicyclic) bond motifs is 1. The summed E-state index contributed by atoms with van der Waals surface area (Å²) in [6.45, 7) is 3.36. The van der Waals surface area contributed by atoms with E-state index in [1.807, 2.05) is 0 Å². The smallest absolute Gasteiger partial charge is 0.382 e. The van der Waals surface area contributed by atoms with E-state index in [0.717, 1.165) is 25.6 Å². The van der Waals surface area contributed by atoms with Crippen molar-refractivity contribution in [1.82, 2.24) is 24.4 Å². The fraction of sp³-hybridized carbons (Fsp3) is 0.579. The summed E-state index contributed by atoms with van der Waals surface area (Å²) in [5.41, 5.74) is -1.20. The molecule has 1 N–H and O–H groups in total. The van der Waals surface area contributed by atoms with Gasteiger partial charge in [-0.25, -0.2) is 15.0 Å². The van der Waals surface area contributed by atoms with E-state index in [0.29, 0.717) is 17.2 Å². The lowest BCUT2D eigenvalue weighted by Crippen LogP contribution is -2.42. The summed E-state index contributed by atoms with van der Waals surface area (Å²) >= 11 is 0. The van der Waals surface area contributed by atoms with Crippen LogP contribution in [0.4, 0.5) is 13.2 Å². The van der Waals surface area contributed by atoms with Gasteiger partial charge in [-0.05, 0) is 26.7 Å². The molecule has 7 nitrogen and oxygen atoms in total. The topological polar surface area (TPSA) is 84.1 Å². The van der Waals surface area contributed by atoms with Gasteiger partial charge in [0.25, 0.3) is 5.91 Å². The summed E-state index contributed by atoms with van der Waals surface area (Å²) in [6.07, 6.45) is 0.697. The summed E-state index contributed by atoms with van der Waals surface area (Å²) in [4.78, 5) is 27.1. The van der Waals surface area contributed by atoms with Crippen LogP contribution in [0.3, 0.4) is 0 Å². The number of aromatic nitrogens is 4. The first-order valence-corrected chi connectivity index (χ1v) is 9.52. The zero-order valence-corrected chi connectivity index (χ0v) is 16.1. The highest BCUT2D eigenvalue weighted by Gasteiger charge is 2.43. The minimum absolute atomic E-state index is 0.0402. The van der Waals surface area contributed by atoms with Crippen molar-refractivity contribution in [2.24, 2.45) is 0 Å². The van der Waals surface area contributed by atoms with Crippen molar-refractivity contribution in [2.45, 2.75) is 63.4 Å². The fourth-order valence-corrected chi connectivity index (χ4v) is 3.87. The Hall–Kier alpha value is -2.49. The Morgan fingerprint density at radius 1 is 1.21 bits per heavy atom. The average Bonchev–Trinajstić information content (AvgIpc) is 3.37. The van der Waals surface area contributed by atoms with Crippen molar-refractivity contribution < 1.29 is 23.1 Å². The van der Waals surface area contributed by atoms with Crippen LogP contribution in [0, 0.1) is 0 Å². The molecule has 0 spiro atoms. The third-order valence-electron chi connectivity index (χ3n) is 5.33. The number of imidazole rings is 1. The van der Waals surface area contributed by atoms with Crippen molar-refractivity contribution in [3.8, 4) is 0 Å². The first-order valence-electron chi connectivity index (χ1n) is 9.52. The van der Waals surface area contributed by atoms with Gasteiger partial charge < -0.3 is 14.6 Å². The van der Waals surface area contributed by atoms with Crippen molar-refractivity contribution in [3.63, 3.8) is 0 Å². The number of amides is 1. The zero-order valence-electron chi connectivity index (χ0n) is 16.1. The molecule has 2 atom stereocenters. The molecule has 1 amide bonds. The standard InChI is InChI=1S/C19H22F3N5O2/c1-11-8-26(16(28)13-5-23-15(24-6-13)12-3-4-12)9-14-7-25-17(27(11)14)18(2,29)10-19(20,21)22/h5-7,11-12,29H,3-4,8-10H2,1-2H3/t11-,18?/m0/s1. The van der Waals surface area contributed by atoms with Gasteiger partial charge >= 0.3 is 6.18 Å². The summed E-state index contributed by atoms with van der Waals surface area (Å²) in [6, 6.07) is -0.341. The first kappa shape index (κ1) is 19.8. The molecule has 0 saturated heterocycles. The van der Waals surface area contributed by atoms with E-state index in [2.05, 4.69) is 15.0 Å². The monoisotopic (exact) mass is 409 g/mol. The van der Waals surface area contributed by atoms with Gasteiger partial charge in [-0.3, -0.25) is 4.79 Å². The fourth-order valence-electron chi connectivity index (χ4n) is 3.87. The van der Waals surface area contributed by atoms with Crippen LogP contribution in [0.2, 0.25) is 0 Å². The quantitative estimate of drug-likeness (QED) is 0.840. The number of rotatable bonds is 4. The second kappa shape index (κ2) is 6.79. The summed E-state index contributed by atoms with van der Waals surface area (Å²) in [7, 11) is 0. The molecule has 1 aliphatic carbocycles. The van der Waals surface area contributed by atoms with Gasteiger partial charge in [0.15, 0.2) is 0 Å². The maximum absolute atomic E-state index is 12.9. The van der Waals surface area contributed by atoms with Crippen molar-refractivity contribution in [1.29, 1.82) is 0 Å². The van der Waals surface area contributed by atoms with E-state index in [-0.39, 0.29) is 30.9 Å². The number of aliphatic hydroxyl groups is 1. The van der Waals surface area contributed by atoms with Crippen LogP contribution in [0.25, 0.3) is 0 Å². The molecule has 2 aromatic heterocycles. The molecular formula is C19H22F3N5O2. The number of nitrogens with zero attached hydrogens (tertiary/aromatic N) is 5. The van der Waals surface area contributed by atoms with E-state index in [1.165, 1.54) is 18.6 Å². The van der Waals surface area contributed by atoms with Gasteiger partial charge in [0.2, 0.25) is 0 Å². The molecule has 10 heteroatoms. The van der Waals surface area contributed by atoms with E-state index < -0.39 is 18.2 Å². The molecule has 2 aromatic rings. The van der Waals surface area contributed by atoms with Crippen LogP contribution in [0.5, 0.6) is 0 Å². The number of hydrogen-bond donors (Lipinski definition) is 1. The maximum atomic E-state index is 12.9. The molecule has 1 aliphatic heterocycles. The molecule has 1 unspecified atom stereocenters. The van der Waals surface area contributed by atoms with Crippen molar-refractivity contribution in [3.05, 3.63) is 41.5 Å². The lowest BCUT2D eigenvalue weighted by Gasteiger charge is -2.36. The Bertz CT molecular complexity index is 919. The predicted molar refractivity (Wildman–Crippen MR) is 95.9 cm³/mol. The Balaban J connectivity index is 1.54. The van der Waals surface area contributed by atoms with Crippen LogP contribution >= 0.6 is 0 Å². The third-order valence-corrected chi connectivity index (χ3v) is 5.33. The molecule has 0 radical (unpaired) electrons. The second-order valence-corrected chi connectivity index (χ2v) is 8.15. The number of carbonyl (C=O) groups excluding carboxylic acids is 1. The molecule has 29 heavy (non-hydrogen) atoms. The lowest BCUT2D eigenvalue weighted by atomic mass is 10.00. The summed E-state index contributed by atoms with van der Waals surface area (Å²) in [5.74, 6) is 0.867. The highest BCUT2D eigenvalue weighted by atomic mass is 19.4. The second-order valence-electron chi connectivity index (χ2n) is 8.15. The van der Waals surface area contributed by atoms with Gasteiger partial charge in [-0.2, -0.15) is 13.2 Å². The molecular weight excluding hydrogens is 387 g/mol. The van der Waals surface area contributed by atoms with E-state index in [4.69, 9.17) is 0 Å². The van der Waals surface area contributed by atoms with E-state index >= 15 is 0 Å². The van der Waals surface area contributed by atoms with Gasteiger partial charge in [-0.15, -0.1) is 0 Å². The predicted octanol–water partition coefficient (Wildman–Crippen LogP) is 2.93. The number of halogens is 3. The van der Waals surface area contributed by atoms with Crippen LogP contribution < -0.4 is 0 Å². The minimum Gasteiger partial charge on any atom is -0.382 e. The van der Waals surface area contributed by atoms with E-state index in [9.17, 15) is 23.1 Å². The Labute approximate surface area is 165 Å². The molecule has 4 rings (SSSR count). The van der Waals surface area contributed by atoms with Crippen LogP contribution in [0.15, 0.2) is 18.6 Å². The van der Waals surface area contributed by atoms with Gasteiger partial charge in [0.05, 0.1) is 36.5 Å². The van der Waals surface area contributed by atoms with Gasteiger partial charge in [0, 0.05) is 24.9 Å². The SMILES string of the molecule is C[C@H]1CN(C(=O)c2cnc(C3CC3)nc2)Cc2cnc(C(C)(O)CC(F)(F)F)n21. The average molecular weight is 409 g/mol. The molecule has 0 bridgehead atoms. The molecule has 2 aliphatic rings. The highest BCUT2D eigenvalue weighted by molar-refractivity contribution is 5.93. The van der Waals surface area contributed by atoms with Gasteiger partial charge in [-0.1, -0.05) is 0 Å².